The van der Waals surface area contributed by atoms with Crippen molar-refractivity contribution in [3.05, 3.63) is 65.7 Å². The van der Waals surface area contributed by atoms with Gasteiger partial charge in [0.15, 0.2) is 0 Å². The predicted octanol–water partition coefficient (Wildman–Crippen LogP) is 2.92. The van der Waals surface area contributed by atoms with E-state index >= 15 is 0 Å². The second-order valence-electron chi connectivity index (χ2n) is 6.46. The first-order valence-electron chi connectivity index (χ1n) is 8.68. The molecule has 0 heterocycles. The molecule has 1 unspecified atom stereocenters. The molecule has 0 aliphatic heterocycles. The van der Waals surface area contributed by atoms with E-state index in [0.717, 1.165) is 24.2 Å². The molecule has 134 valence electrons. The molecule has 4 nitrogen and oxygen atoms in total. The van der Waals surface area contributed by atoms with E-state index < -0.39 is 0 Å². The summed E-state index contributed by atoms with van der Waals surface area (Å²) in [6.45, 7) is 0.656. The number of carbonyl (C=O) groups is 1. The number of nitrogens with zero attached hydrogens (tertiary/aromatic N) is 1. The van der Waals surface area contributed by atoms with Crippen molar-refractivity contribution in [3.63, 3.8) is 0 Å². The van der Waals surface area contributed by atoms with E-state index in [4.69, 9.17) is 4.74 Å². The second-order valence-corrected chi connectivity index (χ2v) is 6.46. The normalized spacial score (nSPS) is 12.0. The number of amides is 1. The molecule has 1 N–H and O–H groups in total. The van der Waals surface area contributed by atoms with E-state index in [1.165, 1.54) is 5.56 Å². The summed E-state index contributed by atoms with van der Waals surface area (Å²) in [4.78, 5) is 14.3. The van der Waals surface area contributed by atoms with Gasteiger partial charge in [0, 0.05) is 19.0 Å². The number of likely N-dealkylation sites (N-methyl/N-ethyl adjacent to an activating group) is 1. The summed E-state index contributed by atoms with van der Waals surface area (Å²) in [5.74, 6) is 0.929. The molecule has 1 amide bonds. The lowest BCUT2D eigenvalue weighted by Gasteiger charge is -2.24. The molecule has 2 rings (SSSR count). The van der Waals surface area contributed by atoms with Crippen LogP contribution in [-0.2, 0) is 17.6 Å². The zero-order valence-corrected chi connectivity index (χ0v) is 15.4. The summed E-state index contributed by atoms with van der Waals surface area (Å²) in [6.07, 6.45) is 2.16. The largest absolute Gasteiger partial charge is 0.497 e. The highest BCUT2D eigenvalue weighted by molar-refractivity contribution is 5.76. The molecule has 0 radical (unpaired) electrons. The van der Waals surface area contributed by atoms with Crippen molar-refractivity contribution in [2.24, 2.45) is 0 Å². The van der Waals surface area contributed by atoms with Crippen LogP contribution in [0.25, 0.3) is 0 Å². The Bertz CT molecular complexity index is 639. The number of aryl methyl sites for hydroxylation is 1. The summed E-state index contributed by atoms with van der Waals surface area (Å²) >= 11 is 0. The van der Waals surface area contributed by atoms with Crippen molar-refractivity contribution in [1.82, 2.24) is 10.2 Å². The zero-order chi connectivity index (χ0) is 18.1. The number of ether oxygens (including phenoxy) is 1. The zero-order valence-electron chi connectivity index (χ0n) is 15.4. The molecule has 4 heteroatoms. The van der Waals surface area contributed by atoms with Gasteiger partial charge in [-0.2, -0.15) is 0 Å². The molecule has 0 bridgehead atoms. The molecule has 0 fully saturated rings. The van der Waals surface area contributed by atoms with Gasteiger partial charge in [0.05, 0.1) is 7.11 Å². The maximum absolute atomic E-state index is 12.2. The van der Waals surface area contributed by atoms with Crippen molar-refractivity contribution in [2.45, 2.75) is 25.3 Å². The Morgan fingerprint density at radius 2 is 1.72 bits per heavy atom. The molecular formula is C21H28N2O2. The summed E-state index contributed by atoms with van der Waals surface area (Å²) < 4.78 is 5.15. The number of hydrogen-bond acceptors (Lipinski definition) is 3. The molecule has 2 aromatic carbocycles. The van der Waals surface area contributed by atoms with Crippen molar-refractivity contribution in [2.75, 3.05) is 27.7 Å². The third-order valence-corrected chi connectivity index (χ3v) is 4.38. The lowest BCUT2D eigenvalue weighted by atomic mass is 10.0. The van der Waals surface area contributed by atoms with Crippen molar-refractivity contribution in [1.29, 1.82) is 0 Å². The van der Waals surface area contributed by atoms with E-state index in [9.17, 15) is 4.79 Å². The van der Waals surface area contributed by atoms with E-state index in [-0.39, 0.29) is 11.9 Å². The molecule has 0 spiro atoms. The first kappa shape index (κ1) is 19.0. The Morgan fingerprint density at radius 3 is 2.32 bits per heavy atom. The van der Waals surface area contributed by atoms with Gasteiger partial charge in [0.2, 0.25) is 5.91 Å². The van der Waals surface area contributed by atoms with Gasteiger partial charge in [-0.1, -0.05) is 42.5 Å². The average molecular weight is 340 g/mol. The van der Waals surface area contributed by atoms with E-state index in [2.05, 4.69) is 48.6 Å². The topological polar surface area (TPSA) is 41.6 Å². The Balaban J connectivity index is 1.78. The van der Waals surface area contributed by atoms with Gasteiger partial charge in [-0.15, -0.1) is 0 Å². The Labute approximate surface area is 150 Å². The highest BCUT2D eigenvalue weighted by Crippen LogP contribution is 2.12. The third kappa shape index (κ3) is 6.59. The van der Waals surface area contributed by atoms with Crippen LogP contribution in [0.15, 0.2) is 54.6 Å². The van der Waals surface area contributed by atoms with Crippen LogP contribution in [0.5, 0.6) is 5.75 Å². The quantitative estimate of drug-likeness (QED) is 0.763. The van der Waals surface area contributed by atoms with Crippen LogP contribution >= 0.6 is 0 Å². The SMILES string of the molecule is COc1ccc(CCC(=O)NCC(Cc2ccccc2)N(C)C)cc1. The molecule has 0 aromatic heterocycles. The third-order valence-electron chi connectivity index (χ3n) is 4.38. The van der Waals surface area contributed by atoms with Gasteiger partial charge < -0.3 is 15.0 Å². The van der Waals surface area contributed by atoms with Crippen LogP contribution in [0.2, 0.25) is 0 Å². The fourth-order valence-electron chi connectivity index (χ4n) is 2.69. The monoisotopic (exact) mass is 340 g/mol. The minimum atomic E-state index is 0.0933. The highest BCUT2D eigenvalue weighted by Gasteiger charge is 2.13. The minimum absolute atomic E-state index is 0.0933. The van der Waals surface area contributed by atoms with E-state index in [1.54, 1.807) is 7.11 Å². The Hall–Kier alpha value is -2.33. The number of benzene rings is 2. The fourth-order valence-corrected chi connectivity index (χ4v) is 2.69. The number of nitrogens with one attached hydrogen (secondary N) is 1. The lowest BCUT2D eigenvalue weighted by molar-refractivity contribution is -0.121. The standard InChI is InChI=1S/C21H28N2O2/c1-23(2)19(15-18-7-5-4-6-8-18)16-22-21(24)14-11-17-9-12-20(25-3)13-10-17/h4-10,12-13,19H,11,14-16H2,1-3H3,(H,22,24). The average Bonchev–Trinajstić information content (AvgIpc) is 2.64. The number of hydrogen-bond donors (Lipinski definition) is 1. The summed E-state index contributed by atoms with van der Waals surface area (Å²) in [5, 5.41) is 3.07. The van der Waals surface area contributed by atoms with Crippen LogP contribution in [0.3, 0.4) is 0 Å². The molecule has 0 aliphatic carbocycles. The second kappa shape index (κ2) is 9.84. The van der Waals surface area contributed by atoms with Gasteiger partial charge in [-0.3, -0.25) is 4.79 Å². The molecule has 0 saturated heterocycles. The van der Waals surface area contributed by atoms with Crippen LogP contribution < -0.4 is 10.1 Å². The first-order chi connectivity index (χ1) is 12.1. The summed E-state index contributed by atoms with van der Waals surface area (Å²) in [6, 6.07) is 18.5. The van der Waals surface area contributed by atoms with Crippen molar-refractivity contribution < 1.29 is 9.53 Å². The molecule has 25 heavy (non-hydrogen) atoms. The predicted molar refractivity (Wildman–Crippen MR) is 102 cm³/mol. The molecule has 2 aromatic rings. The fraction of sp³-hybridized carbons (Fsp3) is 0.381. The van der Waals surface area contributed by atoms with Gasteiger partial charge in [-0.25, -0.2) is 0 Å². The van der Waals surface area contributed by atoms with Gasteiger partial charge in [0.1, 0.15) is 5.75 Å². The van der Waals surface area contributed by atoms with Crippen LogP contribution in [0, 0.1) is 0 Å². The smallest absolute Gasteiger partial charge is 0.220 e. The number of carbonyl (C=O) groups excluding carboxylic acids is 1. The van der Waals surface area contributed by atoms with Gasteiger partial charge >= 0.3 is 0 Å². The maximum Gasteiger partial charge on any atom is 0.220 e. The molecule has 0 saturated carbocycles. The first-order valence-corrected chi connectivity index (χ1v) is 8.68. The maximum atomic E-state index is 12.2. The van der Waals surface area contributed by atoms with E-state index in [1.807, 2.05) is 30.3 Å². The van der Waals surface area contributed by atoms with Gasteiger partial charge in [0.25, 0.3) is 0 Å². The van der Waals surface area contributed by atoms with Crippen LogP contribution in [0.4, 0.5) is 0 Å². The molecule has 1 atom stereocenters. The van der Waals surface area contributed by atoms with Crippen LogP contribution in [0.1, 0.15) is 17.5 Å². The van der Waals surface area contributed by atoms with E-state index in [0.29, 0.717) is 13.0 Å². The number of rotatable bonds is 9. The number of methoxy groups -OCH3 is 1. The van der Waals surface area contributed by atoms with Crippen LogP contribution in [-0.4, -0.2) is 44.6 Å². The summed E-state index contributed by atoms with van der Waals surface area (Å²) in [7, 11) is 5.76. The Kier molecular flexibility index (Phi) is 7.48. The van der Waals surface area contributed by atoms with Gasteiger partial charge in [-0.05, 0) is 50.2 Å². The van der Waals surface area contributed by atoms with Crippen molar-refractivity contribution in [3.8, 4) is 5.75 Å². The lowest BCUT2D eigenvalue weighted by Crippen LogP contribution is -2.41. The Morgan fingerprint density at radius 1 is 1.04 bits per heavy atom. The molecular weight excluding hydrogens is 312 g/mol. The highest BCUT2D eigenvalue weighted by atomic mass is 16.5. The molecule has 0 aliphatic rings. The minimum Gasteiger partial charge on any atom is -0.497 e. The van der Waals surface area contributed by atoms with Crippen molar-refractivity contribution >= 4 is 5.91 Å². The summed E-state index contributed by atoms with van der Waals surface area (Å²) in [5.41, 5.74) is 2.43.